The summed E-state index contributed by atoms with van der Waals surface area (Å²) in [5.74, 6) is 0.647. The summed E-state index contributed by atoms with van der Waals surface area (Å²) in [4.78, 5) is 11.7. The normalized spacial score (nSPS) is 32.6. The van der Waals surface area contributed by atoms with Gasteiger partial charge in [-0.25, -0.2) is 0 Å². The largest absolute Gasteiger partial charge is 0.411 e. The molecular weight excluding hydrogens is 247 g/mol. The summed E-state index contributed by atoms with van der Waals surface area (Å²) in [6.07, 6.45) is -0.821. The van der Waals surface area contributed by atoms with Crippen molar-refractivity contribution in [3.8, 4) is 0 Å². The fourth-order valence-corrected chi connectivity index (χ4v) is 2.78. The molecule has 0 bridgehead atoms. The van der Waals surface area contributed by atoms with Crippen molar-refractivity contribution in [2.75, 3.05) is 6.61 Å². The number of nitrogens with one attached hydrogen (secondary N) is 1. The van der Waals surface area contributed by atoms with E-state index >= 15 is 0 Å². The van der Waals surface area contributed by atoms with Gasteiger partial charge in [-0.2, -0.15) is 13.2 Å². The average molecular weight is 265 g/mol. The van der Waals surface area contributed by atoms with Crippen molar-refractivity contribution in [1.82, 2.24) is 5.32 Å². The smallest absolute Gasteiger partial charge is 0.359 e. The minimum Gasteiger partial charge on any atom is -0.359 e. The SMILES string of the molecule is C[C@H](OCC(F)(F)F)C(=O)NC1[C@H]2CCCC[C@@H]12. The zero-order chi connectivity index (χ0) is 13.3. The van der Waals surface area contributed by atoms with E-state index in [9.17, 15) is 18.0 Å². The number of alkyl halides is 3. The van der Waals surface area contributed by atoms with Gasteiger partial charge in [0.15, 0.2) is 0 Å². The van der Waals surface area contributed by atoms with Crippen molar-refractivity contribution in [3.63, 3.8) is 0 Å². The molecule has 0 radical (unpaired) electrons. The van der Waals surface area contributed by atoms with Crippen LogP contribution in [0.15, 0.2) is 0 Å². The van der Waals surface area contributed by atoms with Gasteiger partial charge in [0.25, 0.3) is 0 Å². The lowest BCUT2D eigenvalue weighted by Crippen LogP contribution is -2.38. The Labute approximate surface area is 104 Å². The summed E-state index contributed by atoms with van der Waals surface area (Å²) >= 11 is 0. The molecule has 0 heterocycles. The van der Waals surface area contributed by atoms with Crippen LogP contribution in [0.4, 0.5) is 13.2 Å². The highest BCUT2D eigenvalue weighted by molar-refractivity contribution is 5.81. The van der Waals surface area contributed by atoms with Gasteiger partial charge < -0.3 is 10.1 Å². The standard InChI is InChI=1S/C12H18F3NO2/c1-7(18-6-12(13,14)15)11(17)16-10-8-4-2-3-5-9(8)10/h7-10H,2-6H2,1H3,(H,16,17)/t7-,8-,9+,10?/m0/s1. The third kappa shape index (κ3) is 3.37. The summed E-state index contributed by atoms with van der Waals surface area (Å²) in [7, 11) is 0. The monoisotopic (exact) mass is 265 g/mol. The Hall–Kier alpha value is -0.780. The molecule has 2 rings (SSSR count). The van der Waals surface area contributed by atoms with Crippen LogP contribution in [0.3, 0.4) is 0 Å². The van der Waals surface area contributed by atoms with Crippen molar-refractivity contribution in [2.24, 2.45) is 11.8 Å². The van der Waals surface area contributed by atoms with Crippen LogP contribution in [0.2, 0.25) is 0 Å². The summed E-state index contributed by atoms with van der Waals surface area (Å²) in [5.41, 5.74) is 0. The molecule has 0 aromatic heterocycles. The maximum absolute atomic E-state index is 11.9. The van der Waals surface area contributed by atoms with Crippen molar-refractivity contribution >= 4 is 5.91 Å². The number of ether oxygens (including phenoxy) is 1. The molecule has 0 aromatic rings. The van der Waals surface area contributed by atoms with Crippen LogP contribution in [0.25, 0.3) is 0 Å². The molecule has 2 aliphatic rings. The molecule has 6 heteroatoms. The quantitative estimate of drug-likeness (QED) is 0.846. The lowest BCUT2D eigenvalue weighted by Gasteiger charge is -2.14. The van der Waals surface area contributed by atoms with Crippen LogP contribution in [0, 0.1) is 11.8 Å². The second-order valence-corrected chi connectivity index (χ2v) is 5.21. The Kier molecular flexibility index (Phi) is 3.84. The summed E-state index contributed by atoms with van der Waals surface area (Å²) in [6.45, 7) is -0.0216. The van der Waals surface area contributed by atoms with E-state index in [0.717, 1.165) is 12.8 Å². The Balaban J connectivity index is 1.71. The number of rotatable bonds is 4. The predicted octanol–water partition coefficient (Wildman–Crippen LogP) is 2.26. The molecule has 4 atom stereocenters. The summed E-state index contributed by atoms with van der Waals surface area (Å²) in [5, 5.41) is 2.80. The van der Waals surface area contributed by atoms with Gasteiger partial charge in [0.2, 0.25) is 5.91 Å². The van der Waals surface area contributed by atoms with E-state index < -0.39 is 24.8 Å². The molecule has 3 nitrogen and oxygen atoms in total. The first kappa shape index (κ1) is 13.6. The number of hydrogen-bond donors (Lipinski definition) is 1. The minimum absolute atomic E-state index is 0.164. The zero-order valence-electron chi connectivity index (χ0n) is 10.3. The van der Waals surface area contributed by atoms with Crippen LogP contribution >= 0.6 is 0 Å². The maximum Gasteiger partial charge on any atom is 0.411 e. The predicted molar refractivity (Wildman–Crippen MR) is 58.8 cm³/mol. The van der Waals surface area contributed by atoms with Gasteiger partial charge in [-0.3, -0.25) is 4.79 Å². The van der Waals surface area contributed by atoms with Crippen LogP contribution in [0.1, 0.15) is 32.6 Å². The lowest BCUT2D eigenvalue weighted by molar-refractivity contribution is -0.185. The van der Waals surface area contributed by atoms with Crippen LogP contribution < -0.4 is 5.32 Å². The van der Waals surface area contributed by atoms with Crippen molar-refractivity contribution in [1.29, 1.82) is 0 Å². The molecule has 18 heavy (non-hydrogen) atoms. The number of carbonyl (C=O) groups excluding carboxylic acids is 1. The van der Waals surface area contributed by atoms with Crippen molar-refractivity contribution < 1.29 is 22.7 Å². The highest BCUT2D eigenvalue weighted by atomic mass is 19.4. The topological polar surface area (TPSA) is 38.3 Å². The highest BCUT2D eigenvalue weighted by Gasteiger charge is 2.51. The van der Waals surface area contributed by atoms with Crippen LogP contribution in [0.5, 0.6) is 0 Å². The number of fused-ring (bicyclic) bond motifs is 1. The fraction of sp³-hybridized carbons (Fsp3) is 0.917. The maximum atomic E-state index is 11.9. The van der Waals surface area contributed by atoms with Gasteiger partial charge >= 0.3 is 6.18 Å². The number of carbonyl (C=O) groups is 1. The van der Waals surface area contributed by atoms with E-state index in [1.165, 1.54) is 19.8 Å². The average Bonchev–Trinajstić information content (AvgIpc) is 2.99. The van der Waals surface area contributed by atoms with Crippen molar-refractivity contribution in [2.45, 2.75) is 50.9 Å². The molecule has 0 saturated heterocycles. The molecule has 2 fully saturated rings. The van der Waals surface area contributed by atoms with Crippen LogP contribution in [-0.4, -0.2) is 30.8 Å². The molecule has 2 saturated carbocycles. The molecule has 0 aliphatic heterocycles. The third-order valence-electron chi connectivity index (χ3n) is 3.83. The zero-order valence-corrected chi connectivity index (χ0v) is 10.3. The molecule has 0 aromatic carbocycles. The van der Waals surface area contributed by atoms with E-state index in [1.807, 2.05) is 0 Å². The van der Waals surface area contributed by atoms with Gasteiger partial charge in [0, 0.05) is 6.04 Å². The Bertz CT molecular complexity index is 307. The van der Waals surface area contributed by atoms with Gasteiger partial charge in [0.05, 0.1) is 0 Å². The third-order valence-corrected chi connectivity index (χ3v) is 3.83. The second-order valence-electron chi connectivity index (χ2n) is 5.21. The van der Waals surface area contributed by atoms with E-state index in [1.54, 1.807) is 0 Å². The van der Waals surface area contributed by atoms with Gasteiger partial charge in [-0.05, 0) is 31.6 Å². The van der Waals surface area contributed by atoms with E-state index in [2.05, 4.69) is 10.1 Å². The number of hydrogen-bond acceptors (Lipinski definition) is 2. The highest BCUT2D eigenvalue weighted by Crippen LogP contribution is 2.49. The number of amides is 1. The van der Waals surface area contributed by atoms with E-state index in [-0.39, 0.29) is 6.04 Å². The van der Waals surface area contributed by atoms with Gasteiger partial charge in [0.1, 0.15) is 12.7 Å². The Morgan fingerprint density at radius 3 is 2.39 bits per heavy atom. The van der Waals surface area contributed by atoms with Crippen molar-refractivity contribution in [3.05, 3.63) is 0 Å². The molecular formula is C12H18F3NO2. The Morgan fingerprint density at radius 2 is 1.89 bits per heavy atom. The van der Waals surface area contributed by atoms with Gasteiger partial charge in [-0.1, -0.05) is 12.8 Å². The first-order chi connectivity index (χ1) is 8.38. The molecule has 1 amide bonds. The lowest BCUT2D eigenvalue weighted by atomic mass is 10.0. The van der Waals surface area contributed by atoms with Gasteiger partial charge in [-0.15, -0.1) is 0 Å². The van der Waals surface area contributed by atoms with Crippen LogP contribution in [-0.2, 0) is 9.53 Å². The molecule has 1 N–H and O–H groups in total. The first-order valence-electron chi connectivity index (χ1n) is 6.37. The molecule has 2 aliphatic carbocycles. The Morgan fingerprint density at radius 1 is 1.33 bits per heavy atom. The molecule has 1 unspecified atom stereocenters. The summed E-state index contributed by atoms with van der Waals surface area (Å²) < 4.78 is 40.3. The molecule has 104 valence electrons. The number of halogens is 3. The second kappa shape index (κ2) is 5.07. The summed E-state index contributed by atoms with van der Waals surface area (Å²) in [6, 6.07) is 0.164. The first-order valence-corrected chi connectivity index (χ1v) is 6.37. The minimum atomic E-state index is -4.39. The molecule has 0 spiro atoms. The van der Waals surface area contributed by atoms with E-state index in [0.29, 0.717) is 11.8 Å². The fourth-order valence-electron chi connectivity index (χ4n) is 2.78. The van der Waals surface area contributed by atoms with E-state index in [4.69, 9.17) is 0 Å².